The molecule has 2 heterocycles. The average Bonchev–Trinajstić information content (AvgIpc) is 3.05. The molecule has 0 unspecified atom stereocenters. The van der Waals surface area contributed by atoms with Gasteiger partial charge in [0.15, 0.2) is 0 Å². The monoisotopic (exact) mass is 347 g/mol. The van der Waals surface area contributed by atoms with Crippen LogP contribution in [0.3, 0.4) is 0 Å². The van der Waals surface area contributed by atoms with E-state index in [4.69, 9.17) is 4.98 Å². The van der Waals surface area contributed by atoms with Crippen molar-refractivity contribution < 1.29 is 14.3 Å². The number of fused-ring (bicyclic) bond motifs is 1. The summed E-state index contributed by atoms with van der Waals surface area (Å²) in [4.78, 5) is 30.2. The summed E-state index contributed by atoms with van der Waals surface area (Å²) in [5, 5.41) is 3.37. The van der Waals surface area contributed by atoms with Gasteiger partial charge in [0.05, 0.1) is 28.4 Å². The third kappa shape index (κ3) is 3.57. The van der Waals surface area contributed by atoms with E-state index in [9.17, 15) is 9.59 Å². The zero-order valence-corrected chi connectivity index (χ0v) is 14.6. The van der Waals surface area contributed by atoms with E-state index in [0.29, 0.717) is 5.92 Å². The second-order valence-corrected chi connectivity index (χ2v) is 7.07. The first kappa shape index (κ1) is 16.9. The summed E-state index contributed by atoms with van der Waals surface area (Å²) < 4.78 is 5.68. The number of rotatable bonds is 3. The maximum atomic E-state index is 12.1. The molecular formula is C17H21N3O3S. The number of carbonyl (C=O) groups excluding carboxylic acids is 2. The summed E-state index contributed by atoms with van der Waals surface area (Å²) in [5.74, 6) is -0.00340. The molecule has 1 saturated heterocycles. The molecule has 0 spiro atoms. The maximum absolute atomic E-state index is 12.1. The minimum atomic E-state index is -0.716. The van der Waals surface area contributed by atoms with Gasteiger partial charge in [-0.15, -0.1) is 11.3 Å². The van der Waals surface area contributed by atoms with Gasteiger partial charge >= 0.3 is 6.09 Å². The first-order valence-electron chi connectivity index (χ1n) is 8.07. The molecule has 2 aromatic rings. The van der Waals surface area contributed by atoms with Gasteiger partial charge in [-0.2, -0.15) is 0 Å². The smallest absolute Gasteiger partial charge is 0.413 e. The van der Waals surface area contributed by atoms with E-state index in [1.807, 2.05) is 25.1 Å². The summed E-state index contributed by atoms with van der Waals surface area (Å²) in [6, 6.07) is 7.77. The van der Waals surface area contributed by atoms with Crippen LogP contribution in [-0.4, -0.2) is 48.1 Å². The first-order valence-corrected chi connectivity index (χ1v) is 8.88. The van der Waals surface area contributed by atoms with Crippen LogP contribution in [0.1, 0.15) is 30.7 Å². The highest BCUT2D eigenvalue weighted by Crippen LogP contribution is 2.33. The van der Waals surface area contributed by atoms with E-state index >= 15 is 0 Å². The Morgan fingerprint density at radius 3 is 2.96 bits per heavy atom. The number of nitrogens with one attached hydrogen (secondary N) is 1. The number of likely N-dealkylation sites (tertiary alicyclic amines) is 1. The number of piperidine rings is 1. The zero-order valence-electron chi connectivity index (χ0n) is 13.8. The Labute approximate surface area is 144 Å². The number of benzene rings is 1. The molecule has 2 atom stereocenters. The molecule has 7 heteroatoms. The van der Waals surface area contributed by atoms with Crippen molar-refractivity contribution >= 4 is 33.6 Å². The summed E-state index contributed by atoms with van der Waals surface area (Å²) in [6.45, 7) is 3.44. The number of hydrogen-bond acceptors (Lipinski definition) is 6. The van der Waals surface area contributed by atoms with Crippen molar-refractivity contribution in [1.82, 2.24) is 15.2 Å². The molecule has 6 nitrogen and oxygen atoms in total. The van der Waals surface area contributed by atoms with E-state index in [2.05, 4.69) is 21.0 Å². The number of carbonyl (C=O) groups is 2. The highest BCUT2D eigenvalue weighted by Gasteiger charge is 2.30. The zero-order chi connectivity index (χ0) is 17.1. The lowest BCUT2D eigenvalue weighted by Crippen LogP contribution is -2.49. The topological polar surface area (TPSA) is 71.5 Å². The number of nitrogens with zero attached hydrogens (tertiary/aromatic N) is 2. The highest BCUT2D eigenvalue weighted by atomic mass is 32.1. The van der Waals surface area contributed by atoms with Crippen molar-refractivity contribution in [3.8, 4) is 0 Å². The highest BCUT2D eigenvalue weighted by molar-refractivity contribution is 7.18. The predicted molar refractivity (Wildman–Crippen MR) is 93.2 cm³/mol. The number of aromatic nitrogens is 1. The van der Waals surface area contributed by atoms with Crippen LogP contribution in [0.4, 0.5) is 4.79 Å². The fraction of sp³-hybridized carbons (Fsp3) is 0.471. The van der Waals surface area contributed by atoms with Crippen LogP contribution < -0.4 is 5.32 Å². The van der Waals surface area contributed by atoms with E-state index < -0.39 is 6.09 Å². The summed E-state index contributed by atoms with van der Waals surface area (Å²) in [5.41, 5.74) is 1.03. The molecular weight excluding hydrogens is 326 g/mol. The predicted octanol–water partition coefficient (Wildman–Crippen LogP) is 2.75. The molecule has 3 rings (SSSR count). The molecule has 1 aromatic carbocycles. The van der Waals surface area contributed by atoms with Crippen LogP contribution in [0, 0.1) is 0 Å². The van der Waals surface area contributed by atoms with Crippen molar-refractivity contribution in [2.45, 2.75) is 31.7 Å². The average molecular weight is 347 g/mol. The Morgan fingerprint density at radius 2 is 2.21 bits per heavy atom. The fourth-order valence-corrected chi connectivity index (χ4v) is 4.14. The molecule has 24 heavy (non-hydrogen) atoms. The van der Waals surface area contributed by atoms with Crippen LogP contribution in [0.25, 0.3) is 10.2 Å². The first-order chi connectivity index (χ1) is 11.6. The van der Waals surface area contributed by atoms with Gasteiger partial charge in [0.1, 0.15) is 0 Å². The molecule has 1 aliphatic rings. The number of para-hydroxylation sites is 1. The lowest BCUT2D eigenvalue weighted by molar-refractivity contribution is -0.125. The number of ether oxygens (including phenoxy) is 1. The molecule has 0 saturated carbocycles. The number of methoxy groups -OCH3 is 1. The summed E-state index contributed by atoms with van der Waals surface area (Å²) in [6.07, 6.45) is 1.37. The molecule has 1 N–H and O–H groups in total. The SMILES string of the molecule is COC(=O)NC(=O)[C@@H](C)N1CCC[C@H](c2nc3ccccc3s2)C1. The molecule has 1 aromatic heterocycles. The standard InChI is InChI=1S/C17H21N3O3S/c1-11(15(21)19-17(22)23-2)20-9-5-6-12(10-20)16-18-13-7-3-4-8-14(13)24-16/h3-4,7-8,11-12H,5-6,9-10H2,1-2H3,(H,19,21,22)/t11-,12+/m1/s1. The maximum Gasteiger partial charge on any atom is 0.413 e. The largest absolute Gasteiger partial charge is 0.453 e. The van der Waals surface area contributed by atoms with Crippen LogP contribution in [-0.2, 0) is 9.53 Å². The molecule has 1 fully saturated rings. The molecule has 0 bridgehead atoms. The van der Waals surface area contributed by atoms with Crippen molar-refractivity contribution in [2.24, 2.45) is 0 Å². The Balaban J connectivity index is 1.69. The van der Waals surface area contributed by atoms with Gasteiger partial charge in [-0.05, 0) is 38.4 Å². The fourth-order valence-electron chi connectivity index (χ4n) is 3.05. The molecule has 1 aliphatic heterocycles. The van der Waals surface area contributed by atoms with E-state index in [0.717, 1.165) is 36.5 Å². The Kier molecular flexibility index (Phi) is 5.11. The molecule has 0 aliphatic carbocycles. The minimum absolute atomic E-state index is 0.324. The van der Waals surface area contributed by atoms with Crippen molar-refractivity contribution in [2.75, 3.05) is 20.2 Å². The van der Waals surface area contributed by atoms with Gasteiger partial charge in [0, 0.05) is 12.5 Å². The Morgan fingerprint density at radius 1 is 1.42 bits per heavy atom. The lowest BCUT2D eigenvalue weighted by Gasteiger charge is -2.35. The van der Waals surface area contributed by atoms with Gasteiger partial charge in [-0.3, -0.25) is 15.0 Å². The van der Waals surface area contributed by atoms with Crippen LogP contribution in [0.15, 0.2) is 24.3 Å². The number of amides is 2. The van der Waals surface area contributed by atoms with Gasteiger partial charge in [-0.1, -0.05) is 12.1 Å². The summed E-state index contributed by atoms with van der Waals surface area (Å²) in [7, 11) is 1.25. The second-order valence-electron chi connectivity index (χ2n) is 6.01. The van der Waals surface area contributed by atoms with Crippen molar-refractivity contribution in [3.05, 3.63) is 29.3 Å². The molecule has 2 amide bonds. The van der Waals surface area contributed by atoms with Crippen LogP contribution in [0.2, 0.25) is 0 Å². The number of hydrogen-bond donors (Lipinski definition) is 1. The van der Waals surface area contributed by atoms with Crippen molar-refractivity contribution in [3.63, 3.8) is 0 Å². The Bertz CT molecular complexity index is 713. The summed E-state index contributed by atoms with van der Waals surface area (Å²) >= 11 is 1.73. The van der Waals surface area contributed by atoms with Crippen molar-refractivity contribution in [1.29, 1.82) is 0 Å². The van der Waals surface area contributed by atoms with Gasteiger partial charge in [0.2, 0.25) is 5.91 Å². The third-order valence-corrected chi connectivity index (χ3v) is 5.65. The quantitative estimate of drug-likeness (QED) is 0.924. The van der Waals surface area contributed by atoms with Crippen LogP contribution in [0.5, 0.6) is 0 Å². The molecule has 0 radical (unpaired) electrons. The normalized spacial score (nSPS) is 19.8. The number of alkyl carbamates (subject to hydrolysis) is 1. The second kappa shape index (κ2) is 7.27. The van der Waals surface area contributed by atoms with E-state index in [-0.39, 0.29) is 11.9 Å². The third-order valence-electron chi connectivity index (χ3n) is 4.45. The minimum Gasteiger partial charge on any atom is -0.453 e. The van der Waals surface area contributed by atoms with Crippen LogP contribution >= 0.6 is 11.3 Å². The lowest BCUT2D eigenvalue weighted by atomic mass is 9.97. The van der Waals surface area contributed by atoms with Gasteiger partial charge < -0.3 is 4.74 Å². The number of thiazole rings is 1. The Hall–Kier alpha value is -1.99. The number of imide groups is 1. The van der Waals surface area contributed by atoms with E-state index in [1.54, 1.807) is 11.3 Å². The molecule has 128 valence electrons. The van der Waals surface area contributed by atoms with Gasteiger partial charge in [-0.25, -0.2) is 9.78 Å². The van der Waals surface area contributed by atoms with E-state index in [1.165, 1.54) is 11.8 Å². The van der Waals surface area contributed by atoms with Gasteiger partial charge in [0.25, 0.3) is 0 Å².